The smallest absolute Gasteiger partial charge is 0.172 e. The molecule has 0 heterocycles. The van der Waals surface area contributed by atoms with Gasteiger partial charge in [0.15, 0.2) is 5.78 Å². The first kappa shape index (κ1) is 15.7. The van der Waals surface area contributed by atoms with Gasteiger partial charge in [-0.05, 0) is 24.3 Å². The van der Waals surface area contributed by atoms with Crippen LogP contribution in [0.4, 0.5) is 8.78 Å². The molecule has 2 rings (SSSR count). The Hall–Kier alpha value is -1.72. The molecular weight excluding hydrogens is 316 g/mol. The van der Waals surface area contributed by atoms with Gasteiger partial charge in [0.25, 0.3) is 0 Å². The summed E-state index contributed by atoms with van der Waals surface area (Å²) in [7, 11) is 0. The van der Waals surface area contributed by atoms with Crippen LogP contribution in [0.15, 0.2) is 47.4 Å². The molecule has 0 aliphatic heterocycles. The number of hydrogen-bond donors (Lipinski definition) is 1. The second-order valence-electron chi connectivity index (χ2n) is 4.18. The highest BCUT2D eigenvalue weighted by Gasteiger charge is 2.15. The molecule has 0 saturated heterocycles. The van der Waals surface area contributed by atoms with Crippen molar-refractivity contribution < 1.29 is 13.6 Å². The van der Waals surface area contributed by atoms with Crippen LogP contribution < -0.4 is 0 Å². The molecule has 0 saturated carbocycles. The van der Waals surface area contributed by atoms with Gasteiger partial charge < -0.3 is 0 Å². The van der Waals surface area contributed by atoms with E-state index in [9.17, 15) is 13.6 Å². The highest BCUT2D eigenvalue weighted by atomic mass is 35.5. The maximum Gasteiger partial charge on any atom is 0.172 e. The molecule has 21 heavy (non-hydrogen) atoms. The van der Waals surface area contributed by atoms with E-state index < -0.39 is 17.4 Å². The summed E-state index contributed by atoms with van der Waals surface area (Å²) in [5, 5.41) is 8.32. The Bertz CT molecular complexity index is 706. The van der Waals surface area contributed by atoms with E-state index in [1.54, 1.807) is 24.3 Å². The molecule has 0 aliphatic carbocycles. The number of carbonyl (C=O) groups excluding carboxylic acids is 1. The molecule has 0 amide bonds. The van der Waals surface area contributed by atoms with Gasteiger partial charge in [-0.15, -0.1) is 0 Å². The zero-order valence-electron chi connectivity index (χ0n) is 10.7. The molecular formula is C15H10ClF2NOS. The summed E-state index contributed by atoms with van der Waals surface area (Å²) < 4.78 is 26.3. The van der Waals surface area contributed by atoms with E-state index >= 15 is 0 Å². The molecule has 0 spiro atoms. The second kappa shape index (κ2) is 6.83. The van der Waals surface area contributed by atoms with Gasteiger partial charge in [-0.25, -0.2) is 8.78 Å². The van der Waals surface area contributed by atoms with Crippen molar-refractivity contribution in [2.75, 3.05) is 0 Å². The monoisotopic (exact) mass is 325 g/mol. The Morgan fingerprint density at radius 3 is 2.57 bits per heavy atom. The van der Waals surface area contributed by atoms with Gasteiger partial charge in [-0.3, -0.25) is 10.2 Å². The van der Waals surface area contributed by atoms with Crippen LogP contribution in [-0.4, -0.2) is 10.8 Å². The molecule has 0 aromatic heterocycles. The van der Waals surface area contributed by atoms with Crippen LogP contribution in [0.3, 0.4) is 0 Å². The van der Waals surface area contributed by atoms with Crippen molar-refractivity contribution in [3.63, 3.8) is 0 Å². The zero-order chi connectivity index (χ0) is 15.4. The van der Waals surface area contributed by atoms with Crippen molar-refractivity contribution in [3.8, 4) is 0 Å². The first-order chi connectivity index (χ1) is 9.97. The topological polar surface area (TPSA) is 40.9 Å². The van der Waals surface area contributed by atoms with E-state index in [1.807, 2.05) is 0 Å². The van der Waals surface area contributed by atoms with Crippen LogP contribution in [-0.2, 0) is 0 Å². The minimum absolute atomic E-state index is 0.0387. The van der Waals surface area contributed by atoms with E-state index in [0.29, 0.717) is 16.0 Å². The van der Waals surface area contributed by atoms with Gasteiger partial charge in [0.05, 0.1) is 22.1 Å². The Kier molecular flexibility index (Phi) is 5.09. The van der Waals surface area contributed by atoms with Crippen molar-refractivity contribution in [3.05, 3.63) is 64.7 Å². The normalized spacial score (nSPS) is 10.4. The molecule has 0 atom stereocenters. The Morgan fingerprint density at radius 1 is 1.19 bits per heavy atom. The summed E-state index contributed by atoms with van der Waals surface area (Å²) in [6.45, 7) is 0. The lowest BCUT2D eigenvalue weighted by atomic mass is 10.1. The lowest BCUT2D eigenvalue weighted by molar-refractivity contribution is 0.0997. The highest BCUT2D eigenvalue weighted by molar-refractivity contribution is 8.14. The summed E-state index contributed by atoms with van der Waals surface area (Å²) in [6.07, 6.45) is -0.265. The van der Waals surface area contributed by atoms with Gasteiger partial charge in [0, 0.05) is 11.0 Å². The fourth-order valence-electron chi connectivity index (χ4n) is 1.65. The van der Waals surface area contributed by atoms with E-state index in [4.69, 9.17) is 17.0 Å². The van der Waals surface area contributed by atoms with Gasteiger partial charge in [0.2, 0.25) is 0 Å². The number of ketones is 1. The zero-order valence-corrected chi connectivity index (χ0v) is 12.3. The van der Waals surface area contributed by atoms with Crippen molar-refractivity contribution in [2.45, 2.75) is 11.3 Å². The summed E-state index contributed by atoms with van der Waals surface area (Å²) in [6, 6.07) is 9.68. The molecule has 0 fully saturated rings. The molecule has 1 N–H and O–H groups in total. The third-order valence-electron chi connectivity index (χ3n) is 2.62. The fourth-order valence-corrected chi connectivity index (χ4v) is 2.69. The average Bonchev–Trinajstić information content (AvgIpc) is 2.41. The Balaban J connectivity index is 2.06. The van der Waals surface area contributed by atoms with E-state index in [1.165, 1.54) is 0 Å². The van der Waals surface area contributed by atoms with Crippen molar-refractivity contribution in [1.82, 2.24) is 0 Å². The molecule has 2 nitrogen and oxygen atoms in total. The number of carbonyl (C=O) groups is 1. The number of nitrogens with one attached hydrogen (secondary N) is 1. The van der Waals surface area contributed by atoms with Crippen LogP contribution in [0.5, 0.6) is 0 Å². The Morgan fingerprint density at radius 2 is 1.90 bits per heavy atom. The lowest BCUT2D eigenvalue weighted by Gasteiger charge is -2.06. The van der Waals surface area contributed by atoms with Gasteiger partial charge in [0.1, 0.15) is 11.6 Å². The summed E-state index contributed by atoms with van der Waals surface area (Å²) >= 11 is 7.00. The van der Waals surface area contributed by atoms with Crippen LogP contribution in [0, 0.1) is 17.0 Å². The number of hydrogen-bond acceptors (Lipinski definition) is 3. The summed E-state index contributed by atoms with van der Waals surface area (Å²) in [4.78, 5) is 12.6. The first-order valence-corrected chi connectivity index (χ1v) is 7.15. The predicted octanol–water partition coefficient (Wildman–Crippen LogP) is 4.96. The molecule has 0 aliphatic rings. The predicted molar refractivity (Wildman–Crippen MR) is 80.3 cm³/mol. The summed E-state index contributed by atoms with van der Waals surface area (Å²) in [5.74, 6) is -2.24. The van der Waals surface area contributed by atoms with Gasteiger partial charge in [-0.2, -0.15) is 0 Å². The van der Waals surface area contributed by atoms with Crippen LogP contribution >= 0.6 is 23.4 Å². The average molecular weight is 326 g/mol. The minimum atomic E-state index is -0.921. The van der Waals surface area contributed by atoms with E-state index in [2.05, 4.69) is 0 Å². The lowest BCUT2D eigenvalue weighted by Crippen LogP contribution is -2.07. The minimum Gasteiger partial charge on any atom is -0.298 e. The van der Waals surface area contributed by atoms with E-state index in [0.717, 1.165) is 23.9 Å². The molecule has 2 aromatic carbocycles. The third-order valence-corrected chi connectivity index (χ3v) is 4.03. The standard InChI is InChI=1S/C15H10ClF2NOS/c16-11-3-1-2-4-14(11)21-15(19)8-13(20)10-6-5-9(17)7-12(10)18/h1-7,19H,8H2. The second-order valence-corrected chi connectivity index (χ2v) is 5.72. The number of halogens is 3. The molecule has 2 aromatic rings. The van der Waals surface area contributed by atoms with E-state index in [-0.39, 0.29) is 17.0 Å². The van der Waals surface area contributed by atoms with Crippen LogP contribution in [0.25, 0.3) is 0 Å². The largest absolute Gasteiger partial charge is 0.298 e. The maximum absolute atomic E-state index is 13.5. The van der Waals surface area contributed by atoms with Crippen LogP contribution in [0.1, 0.15) is 16.8 Å². The molecule has 0 radical (unpaired) electrons. The highest BCUT2D eigenvalue weighted by Crippen LogP contribution is 2.28. The molecule has 6 heteroatoms. The quantitative estimate of drug-likeness (QED) is 0.373. The maximum atomic E-state index is 13.5. The van der Waals surface area contributed by atoms with Gasteiger partial charge in [-0.1, -0.05) is 35.5 Å². The van der Waals surface area contributed by atoms with Crippen LogP contribution in [0.2, 0.25) is 5.02 Å². The van der Waals surface area contributed by atoms with Crippen molar-refractivity contribution >= 4 is 34.2 Å². The Labute approximate surface area is 129 Å². The number of thioether (sulfide) groups is 1. The number of benzene rings is 2. The SMILES string of the molecule is N=C(CC(=O)c1ccc(F)cc1F)Sc1ccccc1Cl. The number of rotatable bonds is 4. The van der Waals surface area contributed by atoms with Crippen molar-refractivity contribution in [2.24, 2.45) is 0 Å². The molecule has 0 unspecified atom stereocenters. The third kappa shape index (κ3) is 4.12. The summed E-state index contributed by atoms with van der Waals surface area (Å²) in [5.41, 5.74) is -0.221. The van der Waals surface area contributed by atoms with Gasteiger partial charge >= 0.3 is 0 Å². The molecule has 108 valence electrons. The fraction of sp³-hybridized carbons (Fsp3) is 0.0667. The van der Waals surface area contributed by atoms with Crippen molar-refractivity contribution in [1.29, 1.82) is 5.41 Å². The first-order valence-electron chi connectivity index (χ1n) is 5.95. The molecule has 0 bridgehead atoms. The number of Topliss-reactive ketones (excluding diaryl/α,β-unsaturated/α-hetero) is 1.